The van der Waals surface area contributed by atoms with Crippen LogP contribution in [-0.4, -0.2) is 32.0 Å². The van der Waals surface area contributed by atoms with Crippen LogP contribution in [0.25, 0.3) is 0 Å². The summed E-state index contributed by atoms with van der Waals surface area (Å²) in [6.07, 6.45) is 2.38. The predicted octanol–water partition coefficient (Wildman–Crippen LogP) is 4.48. The number of carbonyl (C=O) groups is 2. The zero-order valence-corrected chi connectivity index (χ0v) is 17.1. The van der Waals surface area contributed by atoms with Crippen LogP contribution in [0.5, 0.6) is 11.5 Å². The van der Waals surface area contributed by atoms with Crippen molar-refractivity contribution in [3.8, 4) is 11.5 Å². The number of aryl methyl sites for hydroxylation is 2. The van der Waals surface area contributed by atoms with E-state index in [-0.39, 0.29) is 23.9 Å². The average molecular weight is 399 g/mol. The highest BCUT2D eigenvalue weighted by molar-refractivity contribution is 5.95. The number of nitrogens with zero attached hydrogens (tertiary/aromatic N) is 1. The van der Waals surface area contributed by atoms with Crippen molar-refractivity contribution in [2.24, 2.45) is 0 Å². The Balaban J connectivity index is 1.59. The lowest BCUT2D eigenvalue weighted by atomic mass is 9.98. The number of hydrogen-bond acceptors (Lipinski definition) is 4. The van der Waals surface area contributed by atoms with Crippen molar-refractivity contribution in [2.45, 2.75) is 39.5 Å². The van der Waals surface area contributed by atoms with Gasteiger partial charge >= 0.3 is 0 Å². The van der Waals surface area contributed by atoms with E-state index in [1.54, 1.807) is 23.1 Å². The van der Waals surface area contributed by atoms with E-state index in [4.69, 9.17) is 9.47 Å². The number of hydrogen-bond donors (Lipinski definition) is 0. The second-order valence-electron chi connectivity index (χ2n) is 7.28. The van der Waals surface area contributed by atoms with E-state index in [1.165, 1.54) is 20.1 Å². The normalized spacial score (nSPS) is 13.0. The number of halogens is 1. The minimum Gasteiger partial charge on any atom is -0.493 e. The topological polar surface area (TPSA) is 55.8 Å². The molecular weight excluding hydrogens is 373 g/mol. The molecule has 6 heteroatoms. The quantitative estimate of drug-likeness (QED) is 0.509. The highest BCUT2D eigenvalue weighted by atomic mass is 19.1. The standard InChI is InChI=1S/C23H26FNO4/c1-15-12-18-6-4-10-25(23(18)19(24)13-15)22(27)7-5-11-29-20-9-8-17(16(2)26)14-21(20)28-3/h8-9,12-14H,4-7,10-11H2,1-3H3. The summed E-state index contributed by atoms with van der Waals surface area (Å²) < 4.78 is 25.5. The van der Waals surface area contributed by atoms with Crippen LogP contribution in [0.15, 0.2) is 30.3 Å². The summed E-state index contributed by atoms with van der Waals surface area (Å²) >= 11 is 0. The number of anilines is 1. The van der Waals surface area contributed by atoms with E-state index in [0.29, 0.717) is 42.3 Å². The Bertz CT molecular complexity index is 925. The van der Waals surface area contributed by atoms with Crippen molar-refractivity contribution < 1.29 is 23.5 Å². The van der Waals surface area contributed by atoms with Gasteiger partial charge in [0.05, 0.1) is 19.4 Å². The Labute approximate surface area is 170 Å². The Morgan fingerprint density at radius 1 is 1.17 bits per heavy atom. The largest absolute Gasteiger partial charge is 0.493 e. The summed E-state index contributed by atoms with van der Waals surface area (Å²) in [6, 6.07) is 8.44. The fraction of sp³-hybridized carbons (Fsp3) is 0.391. The number of carbonyl (C=O) groups excluding carboxylic acids is 2. The van der Waals surface area contributed by atoms with E-state index in [2.05, 4.69) is 0 Å². The number of amides is 1. The molecule has 0 atom stereocenters. The van der Waals surface area contributed by atoms with Crippen LogP contribution in [0, 0.1) is 12.7 Å². The second-order valence-corrected chi connectivity index (χ2v) is 7.28. The second kappa shape index (κ2) is 9.07. The number of ether oxygens (including phenoxy) is 2. The van der Waals surface area contributed by atoms with E-state index in [1.807, 2.05) is 13.0 Å². The van der Waals surface area contributed by atoms with E-state index in [9.17, 15) is 14.0 Å². The van der Waals surface area contributed by atoms with Gasteiger partial charge in [0, 0.05) is 18.5 Å². The summed E-state index contributed by atoms with van der Waals surface area (Å²) in [5.74, 6) is 0.515. The van der Waals surface area contributed by atoms with Gasteiger partial charge in [0.1, 0.15) is 5.82 Å². The fourth-order valence-corrected chi connectivity index (χ4v) is 3.63. The summed E-state index contributed by atoms with van der Waals surface area (Å²) in [5.41, 5.74) is 2.74. The first kappa shape index (κ1) is 20.8. The van der Waals surface area contributed by atoms with Crippen LogP contribution < -0.4 is 14.4 Å². The first-order chi connectivity index (χ1) is 13.9. The summed E-state index contributed by atoms with van der Waals surface area (Å²) in [6.45, 7) is 4.20. The Hall–Kier alpha value is -2.89. The minimum absolute atomic E-state index is 0.0512. The highest BCUT2D eigenvalue weighted by Gasteiger charge is 2.25. The highest BCUT2D eigenvalue weighted by Crippen LogP contribution is 2.32. The average Bonchev–Trinajstić information content (AvgIpc) is 2.70. The van der Waals surface area contributed by atoms with Gasteiger partial charge < -0.3 is 14.4 Å². The zero-order valence-electron chi connectivity index (χ0n) is 17.1. The van der Waals surface area contributed by atoms with Crippen LogP contribution >= 0.6 is 0 Å². The molecule has 0 bridgehead atoms. The predicted molar refractivity (Wildman–Crippen MR) is 110 cm³/mol. The van der Waals surface area contributed by atoms with Crippen molar-refractivity contribution in [3.63, 3.8) is 0 Å². The number of methoxy groups -OCH3 is 1. The van der Waals surface area contributed by atoms with Crippen molar-refractivity contribution in [1.82, 2.24) is 0 Å². The Morgan fingerprint density at radius 3 is 2.69 bits per heavy atom. The van der Waals surface area contributed by atoms with E-state index >= 15 is 0 Å². The summed E-state index contributed by atoms with van der Waals surface area (Å²) in [5, 5.41) is 0. The number of Topliss-reactive ketones (excluding diaryl/α,β-unsaturated/α-hetero) is 1. The number of ketones is 1. The molecule has 0 unspecified atom stereocenters. The molecule has 1 heterocycles. The maximum atomic E-state index is 14.5. The molecule has 1 aliphatic rings. The van der Waals surface area contributed by atoms with E-state index in [0.717, 1.165) is 24.0 Å². The van der Waals surface area contributed by atoms with Crippen LogP contribution in [0.1, 0.15) is 47.7 Å². The van der Waals surface area contributed by atoms with Gasteiger partial charge in [-0.15, -0.1) is 0 Å². The molecule has 0 radical (unpaired) electrons. The third-order valence-corrected chi connectivity index (χ3v) is 5.05. The monoisotopic (exact) mass is 399 g/mol. The van der Waals surface area contributed by atoms with Crippen LogP contribution in [0.3, 0.4) is 0 Å². The first-order valence-electron chi connectivity index (χ1n) is 9.82. The van der Waals surface area contributed by atoms with Gasteiger partial charge in [-0.05, 0) is 68.5 Å². The third-order valence-electron chi connectivity index (χ3n) is 5.05. The van der Waals surface area contributed by atoms with Crippen LogP contribution in [0.4, 0.5) is 10.1 Å². The van der Waals surface area contributed by atoms with Gasteiger partial charge in [0.25, 0.3) is 0 Å². The number of rotatable bonds is 7. The molecule has 0 aliphatic carbocycles. The van der Waals surface area contributed by atoms with Gasteiger partial charge in [-0.25, -0.2) is 4.39 Å². The van der Waals surface area contributed by atoms with Crippen molar-refractivity contribution in [1.29, 1.82) is 0 Å². The fourth-order valence-electron chi connectivity index (χ4n) is 3.63. The van der Waals surface area contributed by atoms with Gasteiger partial charge in [-0.1, -0.05) is 6.07 Å². The van der Waals surface area contributed by atoms with Gasteiger partial charge in [-0.3, -0.25) is 9.59 Å². The molecule has 0 saturated carbocycles. The van der Waals surface area contributed by atoms with Gasteiger partial charge in [0.2, 0.25) is 5.91 Å². The lowest BCUT2D eigenvalue weighted by molar-refractivity contribution is -0.119. The first-order valence-corrected chi connectivity index (χ1v) is 9.82. The molecule has 3 rings (SSSR count). The lowest BCUT2D eigenvalue weighted by Gasteiger charge is -2.30. The molecule has 0 N–H and O–H groups in total. The zero-order chi connectivity index (χ0) is 21.0. The molecule has 0 spiro atoms. The lowest BCUT2D eigenvalue weighted by Crippen LogP contribution is -2.36. The van der Waals surface area contributed by atoms with Crippen LogP contribution in [-0.2, 0) is 11.2 Å². The van der Waals surface area contributed by atoms with Gasteiger partial charge in [0.15, 0.2) is 17.3 Å². The maximum absolute atomic E-state index is 14.5. The molecule has 0 aromatic heterocycles. The Kier molecular flexibility index (Phi) is 6.52. The molecule has 29 heavy (non-hydrogen) atoms. The molecule has 0 saturated heterocycles. The molecule has 5 nitrogen and oxygen atoms in total. The smallest absolute Gasteiger partial charge is 0.227 e. The van der Waals surface area contributed by atoms with Crippen LogP contribution in [0.2, 0.25) is 0 Å². The molecule has 1 amide bonds. The molecule has 2 aromatic rings. The minimum atomic E-state index is -0.334. The van der Waals surface area contributed by atoms with Crippen molar-refractivity contribution >= 4 is 17.4 Å². The SMILES string of the molecule is COc1cc(C(C)=O)ccc1OCCCC(=O)N1CCCc2cc(C)cc(F)c21. The molecule has 1 aliphatic heterocycles. The maximum Gasteiger partial charge on any atom is 0.227 e. The molecule has 0 fully saturated rings. The molecule has 154 valence electrons. The van der Waals surface area contributed by atoms with Gasteiger partial charge in [-0.2, -0.15) is 0 Å². The molecule has 2 aromatic carbocycles. The van der Waals surface area contributed by atoms with Crippen molar-refractivity contribution in [3.05, 3.63) is 52.8 Å². The van der Waals surface area contributed by atoms with Crippen molar-refractivity contribution in [2.75, 3.05) is 25.2 Å². The molecular formula is C23H26FNO4. The number of benzene rings is 2. The third kappa shape index (κ3) is 4.75. The number of fused-ring (bicyclic) bond motifs is 1. The van der Waals surface area contributed by atoms with E-state index < -0.39 is 0 Å². The summed E-state index contributed by atoms with van der Waals surface area (Å²) in [7, 11) is 1.51. The Morgan fingerprint density at radius 2 is 1.97 bits per heavy atom. The summed E-state index contributed by atoms with van der Waals surface area (Å²) in [4.78, 5) is 25.7.